The van der Waals surface area contributed by atoms with E-state index < -0.39 is 0 Å². The van der Waals surface area contributed by atoms with Crippen LogP contribution >= 0.6 is 0 Å². The molecule has 8 nitrogen and oxygen atoms in total. The smallest absolute Gasteiger partial charge is 0.317 e. The first-order valence-corrected chi connectivity index (χ1v) is 9.88. The van der Waals surface area contributed by atoms with E-state index in [0.717, 1.165) is 16.9 Å². The first kappa shape index (κ1) is 21.4. The number of fused-ring (bicyclic) bond motifs is 1. The Labute approximate surface area is 176 Å². The average molecular weight is 416 g/mol. The predicted molar refractivity (Wildman–Crippen MR) is 112 cm³/mol. The second-order valence-corrected chi connectivity index (χ2v) is 6.62. The molecule has 162 valence electrons. The lowest BCUT2D eigenvalue weighted by molar-refractivity contribution is 0.173. The fourth-order valence-electron chi connectivity index (χ4n) is 3.20. The molecule has 1 aliphatic rings. The zero-order valence-corrected chi connectivity index (χ0v) is 17.8. The monoisotopic (exact) mass is 416 g/mol. The summed E-state index contributed by atoms with van der Waals surface area (Å²) in [5.74, 6) is 3.11. The predicted octanol–water partition coefficient (Wildman–Crippen LogP) is 3.56. The Kier molecular flexibility index (Phi) is 7.11. The van der Waals surface area contributed by atoms with Gasteiger partial charge in [0.15, 0.2) is 23.0 Å². The molecule has 1 heterocycles. The fraction of sp³-hybridized carbons (Fsp3) is 0.409. The molecule has 0 radical (unpaired) electrons. The number of amides is 2. The third-order valence-electron chi connectivity index (χ3n) is 4.73. The lowest BCUT2D eigenvalue weighted by Crippen LogP contribution is -2.39. The highest BCUT2D eigenvalue weighted by Crippen LogP contribution is 2.38. The Balaban J connectivity index is 1.66. The van der Waals surface area contributed by atoms with Crippen LogP contribution in [0.2, 0.25) is 0 Å². The van der Waals surface area contributed by atoms with E-state index in [9.17, 15) is 4.79 Å². The van der Waals surface area contributed by atoms with Crippen molar-refractivity contribution < 1.29 is 28.5 Å². The van der Waals surface area contributed by atoms with Gasteiger partial charge in [-0.15, -0.1) is 0 Å². The van der Waals surface area contributed by atoms with Crippen LogP contribution in [0.5, 0.6) is 28.7 Å². The first-order chi connectivity index (χ1) is 14.6. The van der Waals surface area contributed by atoms with Crippen molar-refractivity contribution in [2.24, 2.45) is 0 Å². The van der Waals surface area contributed by atoms with Crippen LogP contribution in [0, 0.1) is 0 Å². The zero-order chi connectivity index (χ0) is 21.5. The number of nitrogens with zero attached hydrogens (tertiary/aromatic N) is 1. The van der Waals surface area contributed by atoms with Crippen LogP contribution in [0.25, 0.3) is 0 Å². The molecule has 0 unspecified atom stereocenters. The minimum absolute atomic E-state index is 0.165. The minimum atomic E-state index is -0.165. The molecule has 0 aliphatic carbocycles. The van der Waals surface area contributed by atoms with Crippen LogP contribution in [0.3, 0.4) is 0 Å². The van der Waals surface area contributed by atoms with E-state index in [0.29, 0.717) is 49.2 Å². The average Bonchev–Trinajstić information content (AvgIpc) is 3.24. The molecule has 1 aliphatic heterocycles. The SMILES string of the molecule is CCOc1c(OC)cc(CNC(=O)N(CC)Cc2ccc3c(c2)OCO3)cc1OC. The van der Waals surface area contributed by atoms with Gasteiger partial charge in [-0.3, -0.25) is 0 Å². The molecular formula is C22H28N2O6. The van der Waals surface area contributed by atoms with Crippen molar-refractivity contribution in [3.8, 4) is 28.7 Å². The molecule has 8 heteroatoms. The molecule has 2 aromatic carbocycles. The molecule has 0 saturated heterocycles. The van der Waals surface area contributed by atoms with Gasteiger partial charge in [-0.05, 0) is 49.2 Å². The molecule has 2 amide bonds. The van der Waals surface area contributed by atoms with E-state index in [1.165, 1.54) is 0 Å². The Morgan fingerprint density at radius 3 is 2.37 bits per heavy atom. The zero-order valence-electron chi connectivity index (χ0n) is 17.8. The molecule has 0 spiro atoms. The summed E-state index contributed by atoms with van der Waals surface area (Å²) in [4.78, 5) is 14.5. The van der Waals surface area contributed by atoms with Crippen LogP contribution in [-0.4, -0.2) is 45.1 Å². The largest absolute Gasteiger partial charge is 0.493 e. The molecule has 0 aromatic heterocycles. The summed E-state index contributed by atoms with van der Waals surface area (Å²) in [6.45, 7) is 5.92. The van der Waals surface area contributed by atoms with Gasteiger partial charge in [0, 0.05) is 19.6 Å². The standard InChI is InChI=1S/C22H28N2O6/c1-5-24(13-15-7-8-17-18(9-15)30-14-29-17)22(25)23-12-16-10-19(26-3)21(28-6-2)20(11-16)27-4/h7-11H,5-6,12-14H2,1-4H3,(H,23,25). The maximum Gasteiger partial charge on any atom is 0.317 e. The van der Waals surface area contributed by atoms with Crippen LogP contribution in [0.1, 0.15) is 25.0 Å². The van der Waals surface area contributed by atoms with E-state index in [4.69, 9.17) is 23.7 Å². The molecule has 30 heavy (non-hydrogen) atoms. The third kappa shape index (κ3) is 4.82. The third-order valence-corrected chi connectivity index (χ3v) is 4.73. The second-order valence-electron chi connectivity index (χ2n) is 6.62. The molecular weight excluding hydrogens is 388 g/mol. The van der Waals surface area contributed by atoms with Gasteiger partial charge < -0.3 is 33.9 Å². The molecule has 0 bridgehead atoms. The number of urea groups is 1. The van der Waals surface area contributed by atoms with Crippen molar-refractivity contribution in [1.29, 1.82) is 0 Å². The topological polar surface area (TPSA) is 78.5 Å². The number of benzene rings is 2. The van der Waals surface area contributed by atoms with Gasteiger partial charge >= 0.3 is 6.03 Å². The van der Waals surface area contributed by atoms with Crippen molar-refractivity contribution in [3.05, 3.63) is 41.5 Å². The van der Waals surface area contributed by atoms with Gasteiger partial charge in [0.1, 0.15) is 0 Å². The molecule has 0 atom stereocenters. The summed E-state index contributed by atoms with van der Waals surface area (Å²) in [6, 6.07) is 9.21. The van der Waals surface area contributed by atoms with Gasteiger partial charge in [-0.25, -0.2) is 4.79 Å². The maximum atomic E-state index is 12.7. The molecule has 2 aromatic rings. The summed E-state index contributed by atoms with van der Waals surface area (Å²) in [5, 5.41) is 2.96. The number of hydrogen-bond acceptors (Lipinski definition) is 6. The second kappa shape index (κ2) is 9.96. The Hall–Kier alpha value is -3.29. The first-order valence-electron chi connectivity index (χ1n) is 9.88. The van der Waals surface area contributed by atoms with Gasteiger partial charge in [0.05, 0.1) is 20.8 Å². The van der Waals surface area contributed by atoms with Crippen LogP contribution in [0.15, 0.2) is 30.3 Å². The number of hydrogen-bond donors (Lipinski definition) is 1. The highest BCUT2D eigenvalue weighted by atomic mass is 16.7. The fourth-order valence-corrected chi connectivity index (χ4v) is 3.20. The Morgan fingerprint density at radius 2 is 1.73 bits per heavy atom. The summed E-state index contributed by atoms with van der Waals surface area (Å²) >= 11 is 0. The molecule has 0 fully saturated rings. The van der Waals surface area contributed by atoms with Gasteiger partial charge in [0.25, 0.3) is 0 Å². The maximum absolute atomic E-state index is 12.7. The summed E-state index contributed by atoms with van der Waals surface area (Å²) < 4.78 is 27.2. The number of methoxy groups -OCH3 is 2. The van der Waals surface area contributed by atoms with E-state index in [-0.39, 0.29) is 12.8 Å². The van der Waals surface area contributed by atoms with Crippen LogP contribution < -0.4 is 29.0 Å². The minimum Gasteiger partial charge on any atom is -0.493 e. The number of carbonyl (C=O) groups excluding carboxylic acids is 1. The summed E-state index contributed by atoms with van der Waals surface area (Å²) in [7, 11) is 3.15. The molecule has 3 rings (SSSR count). The van der Waals surface area contributed by atoms with E-state index in [1.807, 2.05) is 44.2 Å². The van der Waals surface area contributed by atoms with Crippen LogP contribution in [-0.2, 0) is 13.1 Å². The van der Waals surface area contributed by atoms with E-state index in [1.54, 1.807) is 19.1 Å². The van der Waals surface area contributed by atoms with E-state index >= 15 is 0 Å². The lowest BCUT2D eigenvalue weighted by Gasteiger charge is -2.22. The Morgan fingerprint density at radius 1 is 1.03 bits per heavy atom. The number of ether oxygens (including phenoxy) is 5. The molecule has 0 saturated carbocycles. The highest BCUT2D eigenvalue weighted by Gasteiger charge is 2.18. The van der Waals surface area contributed by atoms with Crippen molar-refractivity contribution in [2.45, 2.75) is 26.9 Å². The number of nitrogens with one attached hydrogen (secondary N) is 1. The lowest BCUT2D eigenvalue weighted by atomic mass is 10.1. The van der Waals surface area contributed by atoms with E-state index in [2.05, 4.69) is 5.32 Å². The molecule has 1 N–H and O–H groups in total. The van der Waals surface area contributed by atoms with Crippen molar-refractivity contribution >= 4 is 6.03 Å². The normalized spacial score (nSPS) is 11.7. The number of rotatable bonds is 9. The van der Waals surface area contributed by atoms with Crippen molar-refractivity contribution in [3.63, 3.8) is 0 Å². The Bertz CT molecular complexity index is 861. The van der Waals surface area contributed by atoms with Gasteiger partial charge in [0.2, 0.25) is 12.5 Å². The highest BCUT2D eigenvalue weighted by molar-refractivity contribution is 5.74. The van der Waals surface area contributed by atoms with Crippen molar-refractivity contribution in [2.75, 3.05) is 34.2 Å². The quantitative estimate of drug-likeness (QED) is 0.673. The number of carbonyl (C=O) groups is 1. The van der Waals surface area contributed by atoms with Crippen LogP contribution in [0.4, 0.5) is 4.79 Å². The summed E-state index contributed by atoms with van der Waals surface area (Å²) in [6.07, 6.45) is 0. The van der Waals surface area contributed by atoms with Crippen molar-refractivity contribution in [1.82, 2.24) is 10.2 Å². The van der Waals surface area contributed by atoms with Gasteiger partial charge in [-0.2, -0.15) is 0 Å². The van der Waals surface area contributed by atoms with Gasteiger partial charge in [-0.1, -0.05) is 6.07 Å². The summed E-state index contributed by atoms with van der Waals surface area (Å²) in [5.41, 5.74) is 1.82.